The number of fused-ring (bicyclic) bond motifs is 2. The lowest BCUT2D eigenvalue weighted by Gasteiger charge is -2.43. The van der Waals surface area contributed by atoms with Gasteiger partial charge < -0.3 is 9.64 Å². The zero-order chi connectivity index (χ0) is 17.0. The van der Waals surface area contributed by atoms with Crippen LogP contribution in [0.4, 0.5) is 0 Å². The SMILES string of the molecule is COC(=O)C1CCN(C(=O)C23CCC(C)(C(=O)C2)C3(C)C)CC1. The second kappa shape index (κ2) is 5.05. The van der Waals surface area contributed by atoms with Crippen LogP contribution in [-0.4, -0.2) is 42.8 Å². The minimum atomic E-state index is -0.545. The Kier molecular flexibility index (Phi) is 3.62. The lowest BCUT2D eigenvalue weighted by Crippen LogP contribution is -2.51. The first kappa shape index (κ1) is 16.5. The summed E-state index contributed by atoms with van der Waals surface area (Å²) in [7, 11) is 1.41. The first-order valence-electron chi connectivity index (χ1n) is 8.60. The van der Waals surface area contributed by atoms with Crippen LogP contribution in [-0.2, 0) is 19.1 Å². The Hall–Kier alpha value is -1.39. The Morgan fingerprint density at radius 2 is 1.74 bits per heavy atom. The summed E-state index contributed by atoms with van der Waals surface area (Å²) in [5.74, 6) is 0.0839. The second-order valence-corrected chi connectivity index (χ2v) is 8.23. The predicted octanol–water partition coefficient (Wildman–Crippen LogP) is 2.18. The van der Waals surface area contributed by atoms with E-state index >= 15 is 0 Å². The third-order valence-electron chi connectivity index (χ3n) is 7.43. The highest BCUT2D eigenvalue weighted by Gasteiger charge is 2.73. The van der Waals surface area contributed by atoms with Gasteiger partial charge >= 0.3 is 5.97 Å². The number of methoxy groups -OCH3 is 1. The maximum Gasteiger partial charge on any atom is 0.308 e. The fraction of sp³-hybridized carbons (Fsp3) is 0.833. The number of piperidine rings is 1. The van der Waals surface area contributed by atoms with E-state index in [0.717, 1.165) is 12.8 Å². The minimum Gasteiger partial charge on any atom is -0.469 e. The van der Waals surface area contributed by atoms with E-state index in [1.54, 1.807) is 0 Å². The first-order chi connectivity index (χ1) is 10.7. The number of carbonyl (C=O) groups excluding carboxylic acids is 3. The molecule has 0 spiro atoms. The molecule has 3 aliphatic rings. The molecular formula is C18H27NO4. The van der Waals surface area contributed by atoms with Crippen molar-refractivity contribution in [3.63, 3.8) is 0 Å². The van der Waals surface area contributed by atoms with Crippen LogP contribution in [0.15, 0.2) is 0 Å². The van der Waals surface area contributed by atoms with Crippen LogP contribution < -0.4 is 0 Å². The molecule has 128 valence electrons. The monoisotopic (exact) mass is 321 g/mol. The Morgan fingerprint density at radius 3 is 2.17 bits per heavy atom. The van der Waals surface area contributed by atoms with Crippen LogP contribution in [0.1, 0.15) is 52.9 Å². The standard InChI is InChI=1S/C18H27NO4/c1-16(2)17(3)7-8-18(16,11-13(17)20)15(22)19-9-5-12(6-10-19)14(21)23-4/h12H,5-11H2,1-4H3. The molecule has 5 heteroatoms. The zero-order valence-electron chi connectivity index (χ0n) is 14.6. The fourth-order valence-corrected chi connectivity index (χ4v) is 5.12. The minimum absolute atomic E-state index is 0.103. The Morgan fingerprint density at radius 1 is 1.13 bits per heavy atom. The van der Waals surface area contributed by atoms with Crippen molar-refractivity contribution in [1.29, 1.82) is 0 Å². The van der Waals surface area contributed by atoms with Gasteiger partial charge in [-0.3, -0.25) is 14.4 Å². The van der Waals surface area contributed by atoms with Gasteiger partial charge in [0.1, 0.15) is 5.78 Å². The number of esters is 1. The molecule has 0 N–H and O–H groups in total. The van der Waals surface area contributed by atoms with E-state index in [1.807, 2.05) is 11.8 Å². The summed E-state index contributed by atoms with van der Waals surface area (Å²) >= 11 is 0. The number of carbonyl (C=O) groups is 3. The van der Waals surface area contributed by atoms with E-state index in [2.05, 4.69) is 13.8 Å². The Labute approximate surface area is 137 Å². The summed E-state index contributed by atoms with van der Waals surface area (Å²) in [4.78, 5) is 39.3. The average Bonchev–Trinajstić information content (AvgIpc) is 2.84. The number of likely N-dealkylation sites (tertiary alicyclic amines) is 1. The molecule has 2 aliphatic carbocycles. The molecule has 0 aromatic heterocycles. The Balaban J connectivity index is 1.77. The number of hydrogen-bond donors (Lipinski definition) is 0. The molecule has 1 saturated heterocycles. The van der Waals surface area contributed by atoms with Crippen molar-refractivity contribution in [3.05, 3.63) is 0 Å². The summed E-state index contributed by atoms with van der Waals surface area (Å²) < 4.78 is 4.81. The molecule has 0 aromatic rings. The third kappa shape index (κ3) is 1.94. The largest absolute Gasteiger partial charge is 0.469 e. The normalized spacial score (nSPS) is 36.3. The molecule has 3 fully saturated rings. The van der Waals surface area contributed by atoms with Gasteiger partial charge in [0.15, 0.2) is 0 Å². The van der Waals surface area contributed by atoms with Crippen LogP contribution in [0.2, 0.25) is 0 Å². The number of Topliss-reactive ketones (excluding diaryl/α,β-unsaturated/α-hetero) is 1. The maximum absolute atomic E-state index is 13.3. The molecule has 1 heterocycles. The summed E-state index contributed by atoms with van der Waals surface area (Å²) in [6, 6.07) is 0. The smallest absolute Gasteiger partial charge is 0.308 e. The molecule has 2 saturated carbocycles. The highest BCUT2D eigenvalue weighted by atomic mass is 16.5. The van der Waals surface area contributed by atoms with Crippen molar-refractivity contribution < 1.29 is 19.1 Å². The molecule has 2 bridgehead atoms. The zero-order valence-corrected chi connectivity index (χ0v) is 14.6. The quantitative estimate of drug-likeness (QED) is 0.731. The summed E-state index contributed by atoms with van der Waals surface area (Å²) in [5, 5.41) is 0. The number of ketones is 1. The number of hydrogen-bond acceptors (Lipinski definition) is 4. The van der Waals surface area contributed by atoms with Gasteiger partial charge in [0.05, 0.1) is 18.4 Å². The van der Waals surface area contributed by atoms with Crippen LogP contribution >= 0.6 is 0 Å². The number of amides is 1. The topological polar surface area (TPSA) is 63.7 Å². The van der Waals surface area contributed by atoms with Gasteiger partial charge in [0.2, 0.25) is 5.91 Å². The van der Waals surface area contributed by atoms with E-state index in [1.165, 1.54) is 7.11 Å². The van der Waals surface area contributed by atoms with Crippen molar-refractivity contribution in [1.82, 2.24) is 4.90 Å². The van der Waals surface area contributed by atoms with Gasteiger partial charge in [0.25, 0.3) is 0 Å². The van der Waals surface area contributed by atoms with Crippen molar-refractivity contribution in [2.75, 3.05) is 20.2 Å². The average molecular weight is 321 g/mol. The highest BCUT2D eigenvalue weighted by Crippen LogP contribution is 2.71. The van der Waals surface area contributed by atoms with Crippen molar-refractivity contribution in [2.24, 2.45) is 22.2 Å². The molecule has 5 nitrogen and oxygen atoms in total. The molecular weight excluding hydrogens is 294 g/mol. The first-order valence-corrected chi connectivity index (χ1v) is 8.60. The number of rotatable bonds is 2. The van der Waals surface area contributed by atoms with Crippen molar-refractivity contribution in [3.8, 4) is 0 Å². The summed E-state index contributed by atoms with van der Waals surface area (Å²) in [6.07, 6.45) is 3.30. The van der Waals surface area contributed by atoms with Gasteiger partial charge in [-0.2, -0.15) is 0 Å². The molecule has 1 aliphatic heterocycles. The number of nitrogens with zero attached hydrogens (tertiary/aromatic N) is 1. The van der Waals surface area contributed by atoms with E-state index in [4.69, 9.17) is 4.74 Å². The van der Waals surface area contributed by atoms with Gasteiger partial charge in [-0.25, -0.2) is 0 Å². The van der Waals surface area contributed by atoms with Gasteiger partial charge in [0, 0.05) is 24.9 Å². The van der Waals surface area contributed by atoms with Gasteiger partial charge in [-0.1, -0.05) is 20.8 Å². The molecule has 2 atom stereocenters. The van der Waals surface area contributed by atoms with Crippen LogP contribution in [0.3, 0.4) is 0 Å². The van der Waals surface area contributed by atoms with Crippen LogP contribution in [0.25, 0.3) is 0 Å². The number of ether oxygens (including phenoxy) is 1. The van der Waals surface area contributed by atoms with Crippen molar-refractivity contribution >= 4 is 17.7 Å². The van der Waals surface area contributed by atoms with Crippen LogP contribution in [0.5, 0.6) is 0 Å². The second-order valence-electron chi connectivity index (χ2n) is 8.23. The predicted molar refractivity (Wildman–Crippen MR) is 84.5 cm³/mol. The van der Waals surface area contributed by atoms with Gasteiger partial charge in [-0.15, -0.1) is 0 Å². The van der Waals surface area contributed by atoms with E-state index in [0.29, 0.717) is 32.4 Å². The Bertz CT molecular complexity index is 561. The van der Waals surface area contributed by atoms with Crippen molar-refractivity contribution in [2.45, 2.75) is 52.9 Å². The maximum atomic E-state index is 13.3. The molecule has 0 aromatic carbocycles. The van der Waals surface area contributed by atoms with Gasteiger partial charge in [-0.05, 0) is 31.1 Å². The summed E-state index contributed by atoms with van der Waals surface area (Å²) in [6.45, 7) is 7.37. The highest BCUT2D eigenvalue weighted by molar-refractivity contribution is 5.99. The fourth-order valence-electron chi connectivity index (χ4n) is 5.12. The molecule has 2 unspecified atom stereocenters. The molecule has 0 radical (unpaired) electrons. The van der Waals surface area contributed by atoms with E-state index in [-0.39, 0.29) is 34.4 Å². The lowest BCUT2D eigenvalue weighted by molar-refractivity contribution is -0.154. The molecule has 1 amide bonds. The molecule has 23 heavy (non-hydrogen) atoms. The van der Waals surface area contributed by atoms with E-state index < -0.39 is 5.41 Å². The molecule has 3 rings (SSSR count). The van der Waals surface area contributed by atoms with E-state index in [9.17, 15) is 14.4 Å². The summed E-state index contributed by atoms with van der Waals surface area (Å²) in [5.41, 5.74) is -1.21. The third-order valence-corrected chi connectivity index (χ3v) is 7.43. The lowest BCUT2D eigenvalue weighted by atomic mass is 9.64. The van der Waals surface area contributed by atoms with Crippen LogP contribution in [0, 0.1) is 22.2 Å².